The average molecular weight is 256 g/mol. The van der Waals surface area contributed by atoms with Gasteiger partial charge in [0.15, 0.2) is 0 Å². The number of rotatable bonds is 3. The molecule has 0 aliphatic heterocycles. The minimum atomic E-state index is -2.67. The lowest BCUT2D eigenvalue weighted by atomic mass is 9.97. The fraction of sp³-hybridized carbons (Fsp3) is 0.778. The van der Waals surface area contributed by atoms with Crippen LogP contribution < -0.4 is 0 Å². The van der Waals surface area contributed by atoms with Gasteiger partial charge in [0, 0.05) is 12.5 Å². The van der Waals surface area contributed by atoms with E-state index in [0.29, 0.717) is 0 Å². The van der Waals surface area contributed by atoms with Gasteiger partial charge < -0.3 is 10.2 Å². The molecule has 7 heteroatoms. The van der Waals surface area contributed by atoms with Gasteiger partial charge in [-0.3, -0.25) is 9.59 Å². The first-order valence-electron chi connectivity index (χ1n) is 4.07. The zero-order valence-corrected chi connectivity index (χ0v) is 9.91. The van der Waals surface area contributed by atoms with Crippen LogP contribution in [0.1, 0.15) is 21.3 Å². The topological polar surface area (TPSA) is 109 Å². The summed E-state index contributed by atoms with van der Waals surface area (Å²) in [6, 6.07) is 0. The third-order valence-electron chi connectivity index (χ3n) is 1.53. The van der Waals surface area contributed by atoms with Gasteiger partial charge in [0.2, 0.25) is 0 Å². The number of carboxylic acid groups (broad SMARTS) is 2. The molecule has 0 saturated carbocycles. The molecule has 0 bridgehead atoms. The first-order valence-corrected chi connectivity index (χ1v) is 6.37. The van der Waals surface area contributed by atoms with E-state index in [9.17, 15) is 18.0 Å². The third-order valence-corrected chi connectivity index (χ3v) is 1.53. The third kappa shape index (κ3) is 15.4. The molecule has 0 saturated heterocycles. The van der Waals surface area contributed by atoms with E-state index in [1.165, 1.54) is 13.8 Å². The Morgan fingerprint density at radius 1 is 0.938 bits per heavy atom. The van der Waals surface area contributed by atoms with Gasteiger partial charge in [-0.25, -0.2) is 8.42 Å². The van der Waals surface area contributed by atoms with Crippen LogP contribution in [0.15, 0.2) is 0 Å². The van der Waals surface area contributed by atoms with Gasteiger partial charge in [-0.1, -0.05) is 21.3 Å². The van der Waals surface area contributed by atoms with Crippen LogP contribution in [0.4, 0.5) is 0 Å². The van der Waals surface area contributed by atoms with Crippen molar-refractivity contribution in [2.75, 3.05) is 12.5 Å². The van der Waals surface area contributed by atoms with Crippen molar-refractivity contribution in [2.45, 2.75) is 21.3 Å². The van der Waals surface area contributed by atoms with E-state index < -0.39 is 33.6 Å². The van der Waals surface area contributed by atoms with Gasteiger partial charge in [-0.15, -0.1) is 0 Å². The van der Waals surface area contributed by atoms with E-state index in [1.54, 1.807) is 0 Å². The Morgan fingerprint density at radius 3 is 1.12 bits per heavy atom. The smallest absolute Gasteiger partial charge is 0.307 e. The SMILES string of the molecule is C.CC(C(=O)O)C(C)C(=O)O.CS(C)(=O)=O. The molecule has 2 N–H and O–H groups in total. The molecule has 6 nitrogen and oxygen atoms in total. The highest BCUT2D eigenvalue weighted by Gasteiger charge is 2.24. The fourth-order valence-electron chi connectivity index (χ4n) is 0.428. The Balaban J connectivity index is -0.000000242. The number of aliphatic carboxylic acids is 2. The maximum Gasteiger partial charge on any atom is 0.307 e. The summed E-state index contributed by atoms with van der Waals surface area (Å²) in [4.78, 5) is 20.4. The molecule has 0 radical (unpaired) electrons. The van der Waals surface area contributed by atoms with Gasteiger partial charge in [-0.2, -0.15) is 0 Å². The van der Waals surface area contributed by atoms with Crippen LogP contribution in [0.2, 0.25) is 0 Å². The highest BCUT2D eigenvalue weighted by atomic mass is 32.2. The van der Waals surface area contributed by atoms with E-state index in [-0.39, 0.29) is 7.43 Å². The molecule has 2 atom stereocenters. The van der Waals surface area contributed by atoms with E-state index in [0.717, 1.165) is 12.5 Å². The van der Waals surface area contributed by atoms with Gasteiger partial charge in [0.1, 0.15) is 9.84 Å². The molecule has 0 spiro atoms. The Labute approximate surface area is 96.2 Å². The molecular weight excluding hydrogens is 236 g/mol. The largest absolute Gasteiger partial charge is 0.481 e. The van der Waals surface area contributed by atoms with Gasteiger partial charge in [0.05, 0.1) is 11.8 Å². The second kappa shape index (κ2) is 8.09. The zero-order valence-electron chi connectivity index (χ0n) is 9.09. The van der Waals surface area contributed by atoms with Crippen LogP contribution in [-0.4, -0.2) is 43.1 Å². The minimum absolute atomic E-state index is 0. The number of hydrogen-bond donors (Lipinski definition) is 2. The number of carboxylic acids is 2. The average Bonchev–Trinajstić information content (AvgIpc) is 1.98. The van der Waals surface area contributed by atoms with Crippen molar-refractivity contribution < 1.29 is 28.2 Å². The minimum Gasteiger partial charge on any atom is -0.481 e. The molecule has 0 amide bonds. The molecule has 0 heterocycles. The molecule has 2 unspecified atom stereocenters. The summed E-state index contributed by atoms with van der Waals surface area (Å²) in [5, 5.41) is 16.7. The summed E-state index contributed by atoms with van der Waals surface area (Å²) in [5.41, 5.74) is 0. The van der Waals surface area contributed by atoms with Gasteiger partial charge in [-0.05, 0) is 0 Å². The van der Waals surface area contributed by atoms with E-state index in [4.69, 9.17) is 10.2 Å². The van der Waals surface area contributed by atoms with Crippen LogP contribution in [-0.2, 0) is 19.4 Å². The monoisotopic (exact) mass is 256 g/mol. The maximum atomic E-state index is 10.2. The predicted octanol–water partition coefficient (Wildman–Crippen LogP) is 0.725. The van der Waals surface area contributed by atoms with Crippen LogP contribution >= 0.6 is 0 Å². The maximum absolute atomic E-state index is 10.2. The van der Waals surface area contributed by atoms with Crippen LogP contribution in [0.3, 0.4) is 0 Å². The lowest BCUT2D eigenvalue weighted by Gasteiger charge is -2.09. The summed E-state index contributed by atoms with van der Waals surface area (Å²) in [5.74, 6) is -3.79. The summed E-state index contributed by atoms with van der Waals surface area (Å²) in [6.45, 7) is 2.75. The van der Waals surface area contributed by atoms with E-state index >= 15 is 0 Å². The molecule has 0 rings (SSSR count). The summed E-state index contributed by atoms with van der Waals surface area (Å²) in [7, 11) is -2.67. The lowest BCUT2D eigenvalue weighted by molar-refractivity contribution is -0.152. The quantitative estimate of drug-likeness (QED) is 0.770. The molecule has 0 aromatic carbocycles. The van der Waals surface area contributed by atoms with Crippen LogP contribution in [0.5, 0.6) is 0 Å². The van der Waals surface area contributed by atoms with Crippen LogP contribution in [0.25, 0.3) is 0 Å². The molecule has 0 aromatic rings. The highest BCUT2D eigenvalue weighted by molar-refractivity contribution is 7.89. The van der Waals surface area contributed by atoms with Crippen LogP contribution in [0, 0.1) is 11.8 Å². The number of sulfone groups is 1. The van der Waals surface area contributed by atoms with Crippen molar-refractivity contribution in [2.24, 2.45) is 11.8 Å². The molecule has 16 heavy (non-hydrogen) atoms. The Kier molecular flexibility index (Phi) is 10.3. The second-order valence-electron chi connectivity index (χ2n) is 3.40. The van der Waals surface area contributed by atoms with Crippen molar-refractivity contribution in [1.82, 2.24) is 0 Å². The van der Waals surface area contributed by atoms with Crippen molar-refractivity contribution in [3.63, 3.8) is 0 Å². The van der Waals surface area contributed by atoms with Crippen molar-refractivity contribution >= 4 is 21.8 Å². The number of carbonyl (C=O) groups is 2. The van der Waals surface area contributed by atoms with E-state index in [2.05, 4.69) is 0 Å². The fourth-order valence-corrected chi connectivity index (χ4v) is 0.428. The van der Waals surface area contributed by atoms with E-state index in [1.807, 2.05) is 0 Å². The zero-order chi connectivity index (χ0) is 12.8. The Hall–Kier alpha value is -1.11. The summed E-state index contributed by atoms with van der Waals surface area (Å²) in [6.07, 6.45) is 2.32. The highest BCUT2D eigenvalue weighted by Crippen LogP contribution is 2.10. The summed E-state index contributed by atoms with van der Waals surface area (Å²) >= 11 is 0. The first kappa shape index (κ1) is 20.3. The summed E-state index contributed by atoms with van der Waals surface area (Å²) < 4.78 is 19.3. The van der Waals surface area contributed by atoms with Crippen molar-refractivity contribution in [3.8, 4) is 0 Å². The molecule has 98 valence electrons. The Bertz CT molecular complexity index is 293. The predicted molar refractivity (Wildman–Crippen MR) is 61.1 cm³/mol. The van der Waals surface area contributed by atoms with Gasteiger partial charge in [0.25, 0.3) is 0 Å². The molecule has 0 fully saturated rings. The first-order chi connectivity index (χ1) is 6.46. The molecule has 0 aliphatic rings. The molecular formula is C9H20O6S. The van der Waals surface area contributed by atoms with Gasteiger partial charge >= 0.3 is 11.9 Å². The Morgan fingerprint density at radius 2 is 1.06 bits per heavy atom. The standard InChI is InChI=1S/C6H10O4.C2H6O2S.CH4/c1-3(5(7)8)4(2)6(9)10;1-5(2,3)4;/h3-4H,1-2H3,(H,7,8)(H,9,10);1-2H3;1H4. The normalized spacial score (nSPS) is 13.5. The number of hydrogen-bond acceptors (Lipinski definition) is 4. The second-order valence-corrected chi connectivity index (χ2v) is 5.68. The van der Waals surface area contributed by atoms with Crippen molar-refractivity contribution in [3.05, 3.63) is 0 Å². The molecule has 0 aliphatic carbocycles. The van der Waals surface area contributed by atoms with Crippen molar-refractivity contribution in [1.29, 1.82) is 0 Å². The lowest BCUT2D eigenvalue weighted by Crippen LogP contribution is -2.24. The molecule has 0 aromatic heterocycles.